The second-order valence-corrected chi connectivity index (χ2v) is 9.50. The Balaban J connectivity index is 1.09. The molecule has 1 aromatic carbocycles. The van der Waals surface area contributed by atoms with Crippen LogP contribution in [0, 0.1) is 5.92 Å². The Bertz CT molecular complexity index is 1320. The fraction of sp³-hybridized carbons (Fsp3) is 0.286. The molecule has 3 aromatic heterocycles. The van der Waals surface area contributed by atoms with Gasteiger partial charge in [-0.3, -0.25) is 14.0 Å². The van der Waals surface area contributed by atoms with E-state index in [1.54, 1.807) is 23.5 Å². The summed E-state index contributed by atoms with van der Waals surface area (Å²) >= 11 is 3.01. The van der Waals surface area contributed by atoms with Gasteiger partial charge in [-0.05, 0) is 31.0 Å². The van der Waals surface area contributed by atoms with Crippen LogP contribution < -0.4 is 14.8 Å². The molecule has 31 heavy (non-hydrogen) atoms. The second kappa shape index (κ2) is 7.24. The summed E-state index contributed by atoms with van der Waals surface area (Å²) in [4.78, 5) is 34.6. The average molecular weight is 455 g/mol. The highest BCUT2D eigenvalue weighted by Crippen LogP contribution is 2.35. The first-order chi connectivity index (χ1) is 15.2. The summed E-state index contributed by atoms with van der Waals surface area (Å²) in [6.45, 7) is 1.33. The number of nitrogens with zero attached hydrogens (tertiary/aromatic N) is 3. The molecule has 0 aliphatic carbocycles. The summed E-state index contributed by atoms with van der Waals surface area (Å²) in [5.74, 6) is 1.19. The van der Waals surface area contributed by atoms with E-state index in [1.165, 1.54) is 11.3 Å². The van der Waals surface area contributed by atoms with Crippen molar-refractivity contribution >= 4 is 55.5 Å². The van der Waals surface area contributed by atoms with E-state index < -0.39 is 0 Å². The molecule has 1 saturated heterocycles. The van der Waals surface area contributed by atoms with Crippen LogP contribution in [0.25, 0.3) is 15.3 Å². The predicted octanol–water partition coefficient (Wildman–Crippen LogP) is 3.83. The number of hydrogen-bond acceptors (Lipinski definition) is 7. The molecule has 158 valence electrons. The van der Waals surface area contributed by atoms with Crippen LogP contribution in [-0.4, -0.2) is 46.0 Å². The molecule has 0 saturated carbocycles. The van der Waals surface area contributed by atoms with Gasteiger partial charge in [0.2, 0.25) is 12.7 Å². The summed E-state index contributed by atoms with van der Waals surface area (Å²) < 4.78 is 12.7. The molecule has 0 bridgehead atoms. The molecule has 4 aromatic rings. The van der Waals surface area contributed by atoms with Crippen LogP contribution in [0.2, 0.25) is 0 Å². The summed E-state index contributed by atoms with van der Waals surface area (Å²) in [7, 11) is 0. The lowest BCUT2D eigenvalue weighted by Crippen LogP contribution is -2.41. The van der Waals surface area contributed by atoms with E-state index in [0.717, 1.165) is 15.3 Å². The molecular weight excluding hydrogens is 436 g/mol. The van der Waals surface area contributed by atoms with Gasteiger partial charge in [0, 0.05) is 42.3 Å². The van der Waals surface area contributed by atoms with Gasteiger partial charge in [-0.15, -0.1) is 22.7 Å². The molecule has 0 unspecified atom stereocenters. The van der Waals surface area contributed by atoms with Gasteiger partial charge in [-0.25, -0.2) is 4.98 Å². The third kappa shape index (κ3) is 3.22. The van der Waals surface area contributed by atoms with Crippen LogP contribution in [0.5, 0.6) is 11.5 Å². The number of likely N-dealkylation sites (tertiary alicyclic amines) is 1. The number of fused-ring (bicyclic) bond motifs is 4. The number of piperidine rings is 1. The molecule has 2 aliphatic heterocycles. The summed E-state index contributed by atoms with van der Waals surface area (Å²) in [6, 6.07) is 7.30. The minimum atomic E-state index is -0.123. The second-order valence-electron chi connectivity index (χ2n) is 7.59. The number of amides is 2. The number of rotatable bonds is 3. The quantitative estimate of drug-likeness (QED) is 0.509. The van der Waals surface area contributed by atoms with Gasteiger partial charge in [0.15, 0.2) is 16.5 Å². The number of anilines is 1. The van der Waals surface area contributed by atoms with Crippen LogP contribution in [0.4, 0.5) is 5.69 Å². The van der Waals surface area contributed by atoms with Gasteiger partial charge in [-0.2, -0.15) is 0 Å². The fourth-order valence-electron chi connectivity index (χ4n) is 4.07. The molecule has 1 N–H and O–H groups in total. The van der Waals surface area contributed by atoms with E-state index >= 15 is 0 Å². The Morgan fingerprint density at radius 1 is 1.13 bits per heavy atom. The maximum Gasteiger partial charge on any atom is 0.264 e. The highest BCUT2D eigenvalue weighted by molar-refractivity contribution is 7.21. The maximum atomic E-state index is 13.0. The van der Waals surface area contributed by atoms with Gasteiger partial charge in [0.25, 0.3) is 5.91 Å². The summed E-state index contributed by atoms with van der Waals surface area (Å²) in [6.07, 6.45) is 3.25. The van der Waals surface area contributed by atoms with Crippen molar-refractivity contribution in [3.8, 4) is 11.5 Å². The van der Waals surface area contributed by atoms with Gasteiger partial charge in [-0.1, -0.05) is 0 Å². The molecule has 5 heterocycles. The van der Waals surface area contributed by atoms with E-state index in [4.69, 9.17) is 9.47 Å². The fourth-order valence-corrected chi connectivity index (χ4v) is 5.84. The lowest BCUT2D eigenvalue weighted by molar-refractivity contribution is -0.121. The maximum absolute atomic E-state index is 13.0. The van der Waals surface area contributed by atoms with Crippen molar-refractivity contribution in [2.45, 2.75) is 12.8 Å². The Morgan fingerprint density at radius 2 is 1.97 bits per heavy atom. The highest BCUT2D eigenvalue weighted by Gasteiger charge is 2.29. The average Bonchev–Trinajstić information content (AvgIpc) is 3.55. The smallest absolute Gasteiger partial charge is 0.264 e. The first-order valence-electron chi connectivity index (χ1n) is 10.0. The standard InChI is InChI=1S/C21H18N4O4S2/c26-18(22-13-1-2-15-16(9-13)29-11-28-15)12-3-5-24(6-4-12)20(27)17-10-14-19(31-17)23-21-25(14)7-8-30-21/h1-2,7-10,12H,3-6,11H2,(H,22,26). The first-order valence-corrected chi connectivity index (χ1v) is 11.7. The van der Waals surface area contributed by atoms with Gasteiger partial charge in [0.05, 0.1) is 10.4 Å². The molecule has 2 amide bonds. The SMILES string of the molecule is O=C(Nc1ccc2c(c1)OCO2)C1CCN(C(=O)c2cc3c(nc4sccn43)s2)CC1. The van der Waals surface area contributed by atoms with Gasteiger partial charge >= 0.3 is 0 Å². The third-order valence-electron chi connectivity index (χ3n) is 5.74. The van der Waals surface area contributed by atoms with E-state index in [1.807, 2.05) is 33.0 Å². The molecule has 0 atom stereocenters. The minimum Gasteiger partial charge on any atom is -0.454 e. The van der Waals surface area contributed by atoms with Gasteiger partial charge < -0.3 is 19.7 Å². The third-order valence-corrected chi connectivity index (χ3v) is 7.51. The number of imidazole rings is 1. The van der Waals surface area contributed by atoms with Crippen LogP contribution in [-0.2, 0) is 4.79 Å². The number of carbonyl (C=O) groups is 2. The van der Waals surface area contributed by atoms with Gasteiger partial charge in [0.1, 0.15) is 4.83 Å². The van der Waals surface area contributed by atoms with Crippen LogP contribution in [0.3, 0.4) is 0 Å². The van der Waals surface area contributed by atoms with Crippen molar-refractivity contribution in [3.63, 3.8) is 0 Å². The van der Waals surface area contributed by atoms with Crippen molar-refractivity contribution in [2.24, 2.45) is 5.92 Å². The highest BCUT2D eigenvalue weighted by atomic mass is 32.1. The van der Waals surface area contributed by atoms with E-state index in [-0.39, 0.29) is 24.5 Å². The summed E-state index contributed by atoms with van der Waals surface area (Å²) in [5.41, 5.74) is 1.66. The zero-order valence-corrected chi connectivity index (χ0v) is 18.0. The molecule has 8 nitrogen and oxygen atoms in total. The molecule has 6 rings (SSSR count). The number of aromatic nitrogens is 2. The van der Waals surface area contributed by atoms with Crippen molar-refractivity contribution < 1.29 is 19.1 Å². The molecule has 2 aliphatic rings. The minimum absolute atomic E-state index is 0.0154. The zero-order chi connectivity index (χ0) is 20.9. The number of thiazole rings is 1. The Hall–Kier alpha value is -3.11. The number of thiophene rings is 1. The molecule has 0 radical (unpaired) electrons. The van der Waals surface area contributed by atoms with Crippen LogP contribution in [0.15, 0.2) is 35.8 Å². The molecule has 10 heteroatoms. The number of benzene rings is 1. The molecular formula is C21H18N4O4S2. The topological polar surface area (TPSA) is 85.2 Å². The van der Waals surface area contributed by atoms with Crippen molar-refractivity contribution in [1.29, 1.82) is 0 Å². The van der Waals surface area contributed by atoms with Crippen molar-refractivity contribution in [3.05, 3.63) is 40.7 Å². The number of nitrogens with one attached hydrogen (secondary N) is 1. The first kappa shape index (κ1) is 18.6. The number of hydrogen-bond donors (Lipinski definition) is 1. The largest absolute Gasteiger partial charge is 0.454 e. The normalized spacial score (nSPS) is 16.3. The van der Waals surface area contributed by atoms with E-state index in [2.05, 4.69) is 10.3 Å². The van der Waals surface area contributed by atoms with Crippen LogP contribution >= 0.6 is 22.7 Å². The zero-order valence-electron chi connectivity index (χ0n) is 16.4. The number of carbonyl (C=O) groups excluding carboxylic acids is 2. The van der Waals surface area contributed by atoms with E-state index in [0.29, 0.717) is 48.0 Å². The Kier molecular flexibility index (Phi) is 4.35. The molecule has 0 spiro atoms. The monoisotopic (exact) mass is 454 g/mol. The predicted molar refractivity (Wildman–Crippen MR) is 118 cm³/mol. The Labute approximate surface area is 185 Å². The lowest BCUT2D eigenvalue weighted by Gasteiger charge is -2.31. The Morgan fingerprint density at radius 3 is 2.84 bits per heavy atom. The van der Waals surface area contributed by atoms with Crippen LogP contribution in [0.1, 0.15) is 22.5 Å². The van der Waals surface area contributed by atoms with Crippen molar-refractivity contribution in [1.82, 2.24) is 14.3 Å². The van der Waals surface area contributed by atoms with Crippen molar-refractivity contribution in [2.75, 3.05) is 25.2 Å². The number of ether oxygens (including phenoxy) is 2. The van der Waals surface area contributed by atoms with E-state index in [9.17, 15) is 9.59 Å². The lowest BCUT2D eigenvalue weighted by atomic mass is 9.95. The molecule has 1 fully saturated rings. The summed E-state index contributed by atoms with van der Waals surface area (Å²) in [5, 5.41) is 4.95.